The number of rotatable bonds is 48. The lowest BCUT2D eigenvalue weighted by Gasteiger charge is -2.26. The van der Waals surface area contributed by atoms with E-state index in [4.69, 9.17) is 18.9 Å². The molecule has 2 atom stereocenters. The molecule has 0 amide bonds. The van der Waals surface area contributed by atoms with Gasteiger partial charge in [0.2, 0.25) is 0 Å². The normalized spacial score (nSPS) is 13.0. The van der Waals surface area contributed by atoms with Crippen LogP contribution in [0.2, 0.25) is 0 Å². The molecule has 0 aliphatic heterocycles. The van der Waals surface area contributed by atoms with Gasteiger partial charge in [0.25, 0.3) is 0 Å². The third kappa shape index (κ3) is 45.8. The molecule has 0 bridgehead atoms. The topological polar surface area (TPSA) is 111 Å². The van der Waals surface area contributed by atoms with E-state index in [-0.39, 0.29) is 38.6 Å². The highest BCUT2D eigenvalue weighted by Crippen LogP contribution is 2.16. The summed E-state index contributed by atoms with van der Waals surface area (Å²) in [6, 6.07) is 0. The van der Waals surface area contributed by atoms with Crippen LogP contribution >= 0.6 is 0 Å². The number of allylic oxidation sites excluding steroid dienone is 4. The van der Waals surface area contributed by atoms with Crippen LogP contribution < -0.4 is 5.11 Å². The van der Waals surface area contributed by atoms with Crippen LogP contribution in [0.1, 0.15) is 239 Å². The molecule has 0 radical (unpaired) electrons. The van der Waals surface area contributed by atoms with Gasteiger partial charge in [0.1, 0.15) is 13.2 Å². The van der Waals surface area contributed by atoms with Gasteiger partial charge in [-0.15, -0.1) is 0 Å². The Kier molecular flexibility index (Phi) is 43.7. The molecule has 0 aromatic carbocycles. The van der Waals surface area contributed by atoms with Crippen molar-refractivity contribution in [2.75, 3.05) is 47.5 Å². The van der Waals surface area contributed by atoms with Crippen molar-refractivity contribution in [3.63, 3.8) is 0 Å². The number of unbranched alkanes of at least 4 members (excludes halogenated alkanes) is 29. The van der Waals surface area contributed by atoms with Gasteiger partial charge in [-0.25, -0.2) is 0 Å². The van der Waals surface area contributed by atoms with E-state index in [2.05, 4.69) is 38.2 Å². The van der Waals surface area contributed by atoms with Crippen molar-refractivity contribution in [2.24, 2.45) is 0 Å². The molecule has 0 rings (SSSR count). The molecule has 0 spiro atoms. The number of carboxylic acids is 1. The van der Waals surface area contributed by atoms with E-state index in [0.717, 1.165) is 51.4 Å². The summed E-state index contributed by atoms with van der Waals surface area (Å²) in [6.07, 6.45) is 47.9. The highest BCUT2D eigenvalue weighted by molar-refractivity contribution is 5.70. The van der Waals surface area contributed by atoms with E-state index < -0.39 is 24.3 Å². The van der Waals surface area contributed by atoms with E-state index in [1.54, 1.807) is 0 Å². The summed E-state index contributed by atoms with van der Waals surface area (Å²) in [5.74, 6) is -2.29. The molecular formula is C53H99NO8. The zero-order valence-corrected chi connectivity index (χ0v) is 41.3. The van der Waals surface area contributed by atoms with E-state index in [0.29, 0.717) is 17.4 Å². The summed E-state index contributed by atoms with van der Waals surface area (Å²) in [5.41, 5.74) is 0. The minimum atomic E-state index is -1.62. The number of carbonyl (C=O) groups excluding carboxylic acids is 3. The molecule has 0 aliphatic rings. The molecule has 62 heavy (non-hydrogen) atoms. The van der Waals surface area contributed by atoms with Crippen LogP contribution in [0, 0.1) is 0 Å². The summed E-state index contributed by atoms with van der Waals surface area (Å²) in [4.78, 5) is 37.1. The zero-order valence-electron chi connectivity index (χ0n) is 41.3. The standard InChI is InChI=1S/C53H99NO8/c1-6-8-10-12-14-16-18-20-21-22-23-24-25-26-27-28-29-30-31-32-34-36-38-40-42-44-51(56)62-49(48-61-53(52(57)58)59-46-45-54(3,4)5)47-60-50(55)43-41-39-37-35-33-19-17-15-13-11-9-7-2/h15,17,22-23,49,53H,6-14,16,18-21,24-48H2,1-5H3/b17-15-,23-22-. The highest BCUT2D eigenvalue weighted by atomic mass is 16.7. The van der Waals surface area contributed by atoms with Crippen LogP contribution in [-0.2, 0) is 33.3 Å². The van der Waals surface area contributed by atoms with Gasteiger partial charge < -0.3 is 33.3 Å². The van der Waals surface area contributed by atoms with Gasteiger partial charge in [-0.1, -0.05) is 186 Å². The Morgan fingerprint density at radius 1 is 0.468 bits per heavy atom. The lowest BCUT2D eigenvalue weighted by Crippen LogP contribution is -2.44. The van der Waals surface area contributed by atoms with E-state index in [1.165, 1.54) is 154 Å². The number of aliphatic carboxylic acids is 1. The van der Waals surface area contributed by atoms with Crippen LogP contribution in [0.4, 0.5) is 0 Å². The van der Waals surface area contributed by atoms with E-state index >= 15 is 0 Å². The van der Waals surface area contributed by atoms with Gasteiger partial charge in [-0.3, -0.25) is 9.59 Å². The molecule has 0 saturated heterocycles. The van der Waals surface area contributed by atoms with Crippen molar-refractivity contribution in [2.45, 2.75) is 251 Å². The highest BCUT2D eigenvalue weighted by Gasteiger charge is 2.22. The minimum absolute atomic E-state index is 0.148. The van der Waals surface area contributed by atoms with Crippen LogP contribution in [0.3, 0.4) is 0 Å². The SMILES string of the molecule is CCCCC/C=C\CCCCCCCC(=O)OCC(COC(OCC[N+](C)(C)C)C(=O)[O-])OC(=O)CCCCCCCCCCCCCCC/C=C\CCCCCCCCCC. The molecule has 0 fully saturated rings. The first-order valence-corrected chi connectivity index (χ1v) is 26.0. The molecule has 0 saturated carbocycles. The largest absolute Gasteiger partial charge is 0.545 e. The van der Waals surface area contributed by atoms with Crippen molar-refractivity contribution >= 4 is 17.9 Å². The first kappa shape index (κ1) is 59.8. The number of hydrogen-bond donors (Lipinski definition) is 0. The van der Waals surface area contributed by atoms with Gasteiger partial charge in [-0.2, -0.15) is 0 Å². The smallest absolute Gasteiger partial charge is 0.306 e. The fraction of sp³-hybridized carbons (Fsp3) is 0.868. The van der Waals surface area contributed by atoms with Crippen molar-refractivity contribution in [3.8, 4) is 0 Å². The minimum Gasteiger partial charge on any atom is -0.545 e. The van der Waals surface area contributed by atoms with Gasteiger partial charge >= 0.3 is 11.9 Å². The molecule has 0 aliphatic carbocycles. The number of hydrogen-bond acceptors (Lipinski definition) is 8. The Hall–Kier alpha value is -2.23. The number of likely N-dealkylation sites (N-methyl/N-ethyl adjacent to an activating group) is 1. The molecule has 2 unspecified atom stereocenters. The Bertz CT molecular complexity index is 1070. The lowest BCUT2D eigenvalue weighted by molar-refractivity contribution is -0.870. The summed E-state index contributed by atoms with van der Waals surface area (Å²) in [5, 5.41) is 11.7. The maximum absolute atomic E-state index is 12.8. The second kappa shape index (κ2) is 45.3. The summed E-state index contributed by atoms with van der Waals surface area (Å²) in [6.45, 7) is 4.73. The fourth-order valence-corrected chi connectivity index (χ4v) is 7.35. The van der Waals surface area contributed by atoms with Crippen molar-refractivity contribution in [3.05, 3.63) is 24.3 Å². The summed E-state index contributed by atoms with van der Waals surface area (Å²) in [7, 11) is 5.91. The third-order valence-corrected chi connectivity index (χ3v) is 11.4. The second-order valence-electron chi connectivity index (χ2n) is 18.8. The predicted octanol–water partition coefficient (Wildman–Crippen LogP) is 13.1. The summed E-state index contributed by atoms with van der Waals surface area (Å²) >= 11 is 0. The zero-order chi connectivity index (χ0) is 45.6. The Labute approximate surface area is 382 Å². The van der Waals surface area contributed by atoms with Crippen LogP contribution in [0.25, 0.3) is 0 Å². The number of quaternary nitrogens is 1. The van der Waals surface area contributed by atoms with E-state index in [1.807, 2.05) is 21.1 Å². The van der Waals surface area contributed by atoms with Crippen LogP contribution in [0.5, 0.6) is 0 Å². The predicted molar refractivity (Wildman–Crippen MR) is 256 cm³/mol. The molecular weight excluding hydrogens is 779 g/mol. The molecule has 0 aromatic rings. The van der Waals surface area contributed by atoms with E-state index in [9.17, 15) is 19.5 Å². The third-order valence-electron chi connectivity index (χ3n) is 11.4. The lowest BCUT2D eigenvalue weighted by atomic mass is 10.0. The molecule has 364 valence electrons. The van der Waals surface area contributed by atoms with Crippen LogP contribution in [-0.4, -0.2) is 82.3 Å². The van der Waals surface area contributed by atoms with Crippen molar-refractivity contribution in [1.29, 1.82) is 0 Å². The Morgan fingerprint density at radius 2 is 0.823 bits per heavy atom. The monoisotopic (exact) mass is 878 g/mol. The first-order valence-electron chi connectivity index (χ1n) is 26.0. The number of carboxylic acid groups (broad SMARTS) is 1. The van der Waals surface area contributed by atoms with Crippen molar-refractivity contribution in [1.82, 2.24) is 0 Å². The molecule has 9 heteroatoms. The number of carbonyl (C=O) groups is 3. The Balaban J connectivity index is 4.22. The maximum atomic E-state index is 12.8. The molecule has 0 aromatic heterocycles. The number of esters is 2. The van der Waals surface area contributed by atoms with Gasteiger partial charge in [0, 0.05) is 12.8 Å². The molecule has 0 N–H and O–H groups in total. The fourth-order valence-electron chi connectivity index (χ4n) is 7.35. The van der Waals surface area contributed by atoms with Gasteiger partial charge in [0.05, 0.1) is 40.3 Å². The number of nitrogens with zero attached hydrogens (tertiary/aromatic N) is 1. The first-order chi connectivity index (χ1) is 30.1. The second-order valence-corrected chi connectivity index (χ2v) is 18.8. The van der Waals surface area contributed by atoms with Gasteiger partial charge in [-0.05, 0) is 64.2 Å². The average molecular weight is 878 g/mol. The molecule has 0 heterocycles. The quantitative estimate of drug-likeness (QED) is 0.0195. The maximum Gasteiger partial charge on any atom is 0.306 e. The molecule has 9 nitrogen and oxygen atoms in total. The summed E-state index contributed by atoms with van der Waals surface area (Å²) < 4.78 is 22.6. The van der Waals surface area contributed by atoms with Gasteiger partial charge in [0.15, 0.2) is 12.4 Å². The van der Waals surface area contributed by atoms with Crippen LogP contribution in [0.15, 0.2) is 24.3 Å². The Morgan fingerprint density at radius 3 is 1.23 bits per heavy atom. The van der Waals surface area contributed by atoms with Crippen molar-refractivity contribution < 1.29 is 42.9 Å². The number of ether oxygens (including phenoxy) is 4. The average Bonchev–Trinajstić information content (AvgIpc) is 3.23.